The predicted molar refractivity (Wildman–Crippen MR) is 41.6 cm³/mol. The number of carboxylic acid groups (broad SMARTS) is 1. The molecule has 0 amide bonds. The van der Waals surface area contributed by atoms with E-state index in [4.69, 9.17) is 15.6 Å². The summed E-state index contributed by atoms with van der Waals surface area (Å²) in [5.41, 5.74) is 5.16. The minimum atomic E-state index is -5.08. The van der Waals surface area contributed by atoms with E-state index in [0.717, 1.165) is 0 Å². The van der Waals surface area contributed by atoms with Gasteiger partial charge in [0.15, 0.2) is 0 Å². The molecule has 0 bridgehead atoms. The summed E-state index contributed by atoms with van der Waals surface area (Å²) in [4.78, 5) is 18.5. The standard InChI is InChI=1S/C4H8N2O2.C2HF3O2/c5-2-3-1-4(3)6(7)8;3-2(4,5)1(6)7/h3-4H,1-2,5H2;(H,6,7)/t3-,4+;/m0./s1. The lowest BCUT2D eigenvalue weighted by Crippen LogP contribution is -2.21. The highest BCUT2D eigenvalue weighted by atomic mass is 19.4. The molecule has 2 atom stereocenters. The number of rotatable bonds is 2. The summed E-state index contributed by atoms with van der Waals surface area (Å²) < 4.78 is 31.7. The molecule has 1 fully saturated rings. The Morgan fingerprint density at radius 3 is 2.07 bits per heavy atom. The van der Waals surface area contributed by atoms with Gasteiger partial charge in [-0.2, -0.15) is 13.2 Å². The Morgan fingerprint density at radius 2 is 2.00 bits per heavy atom. The monoisotopic (exact) mass is 230 g/mol. The molecule has 0 unspecified atom stereocenters. The molecule has 0 aromatic heterocycles. The Balaban J connectivity index is 0.000000265. The van der Waals surface area contributed by atoms with Gasteiger partial charge < -0.3 is 10.8 Å². The Bertz CT molecular complexity index is 255. The highest BCUT2D eigenvalue weighted by Gasteiger charge is 2.46. The molecule has 1 saturated carbocycles. The number of nitrogens with zero attached hydrogens (tertiary/aromatic N) is 1. The van der Waals surface area contributed by atoms with Gasteiger partial charge in [-0.15, -0.1) is 0 Å². The van der Waals surface area contributed by atoms with Crippen molar-refractivity contribution in [2.75, 3.05) is 6.54 Å². The van der Waals surface area contributed by atoms with E-state index in [2.05, 4.69) is 0 Å². The summed E-state index contributed by atoms with van der Waals surface area (Å²) in [6.45, 7) is 0.464. The molecular formula is C6H9F3N2O4. The number of halogens is 3. The topological polar surface area (TPSA) is 106 Å². The fourth-order valence-corrected chi connectivity index (χ4v) is 0.743. The van der Waals surface area contributed by atoms with Crippen LogP contribution in [0.15, 0.2) is 0 Å². The lowest BCUT2D eigenvalue weighted by Gasteiger charge is -1.93. The smallest absolute Gasteiger partial charge is 0.475 e. The molecule has 88 valence electrons. The molecule has 1 aliphatic carbocycles. The van der Waals surface area contributed by atoms with Gasteiger partial charge in [-0.3, -0.25) is 10.1 Å². The number of carbonyl (C=O) groups is 1. The maximum atomic E-state index is 10.6. The van der Waals surface area contributed by atoms with E-state index >= 15 is 0 Å². The number of carboxylic acids is 1. The highest BCUT2D eigenvalue weighted by molar-refractivity contribution is 5.73. The normalized spacial score (nSPS) is 23.7. The molecule has 15 heavy (non-hydrogen) atoms. The number of aliphatic carboxylic acids is 1. The fourth-order valence-electron chi connectivity index (χ4n) is 0.743. The molecule has 0 radical (unpaired) electrons. The molecule has 0 aliphatic heterocycles. The summed E-state index contributed by atoms with van der Waals surface area (Å²) in [6, 6.07) is -0.319. The SMILES string of the molecule is NC[C@@H]1C[C@H]1[N+](=O)[O-].O=C(O)C(F)(F)F. The predicted octanol–water partition coefficient (Wildman–Crippen LogP) is 0.244. The van der Waals surface area contributed by atoms with Gasteiger partial charge in [-0.25, -0.2) is 4.79 Å². The van der Waals surface area contributed by atoms with E-state index in [0.29, 0.717) is 13.0 Å². The largest absolute Gasteiger partial charge is 0.490 e. The Labute approximate surface area is 82.0 Å². The molecular weight excluding hydrogens is 221 g/mol. The average Bonchev–Trinajstić information content (AvgIpc) is 2.81. The maximum absolute atomic E-state index is 10.6. The van der Waals surface area contributed by atoms with Gasteiger partial charge in [0, 0.05) is 23.8 Å². The second kappa shape index (κ2) is 4.91. The van der Waals surface area contributed by atoms with Crippen LogP contribution in [0.1, 0.15) is 6.42 Å². The zero-order valence-electron chi connectivity index (χ0n) is 7.40. The molecule has 1 rings (SSSR count). The van der Waals surface area contributed by atoms with Crippen LogP contribution in [0.5, 0.6) is 0 Å². The Morgan fingerprint density at radius 1 is 1.60 bits per heavy atom. The lowest BCUT2D eigenvalue weighted by atomic mass is 10.4. The molecule has 0 spiro atoms. The van der Waals surface area contributed by atoms with E-state index in [9.17, 15) is 23.3 Å². The Kier molecular flexibility index (Phi) is 4.46. The minimum Gasteiger partial charge on any atom is -0.475 e. The van der Waals surface area contributed by atoms with E-state index in [1.807, 2.05) is 0 Å². The van der Waals surface area contributed by atoms with Gasteiger partial charge in [-0.1, -0.05) is 0 Å². The van der Waals surface area contributed by atoms with Crippen LogP contribution < -0.4 is 5.73 Å². The molecule has 3 N–H and O–H groups in total. The van der Waals surface area contributed by atoms with E-state index in [1.165, 1.54) is 0 Å². The first-order valence-corrected chi connectivity index (χ1v) is 3.83. The summed E-state index contributed by atoms with van der Waals surface area (Å²) in [5, 5.41) is 17.0. The molecule has 1 aliphatic rings. The van der Waals surface area contributed by atoms with Crippen molar-refractivity contribution < 1.29 is 28.0 Å². The van der Waals surface area contributed by atoms with Gasteiger partial charge in [0.1, 0.15) is 0 Å². The third-order valence-electron chi connectivity index (χ3n) is 1.70. The van der Waals surface area contributed by atoms with Crippen molar-refractivity contribution in [1.29, 1.82) is 0 Å². The van der Waals surface area contributed by atoms with Crippen molar-refractivity contribution >= 4 is 5.97 Å². The average molecular weight is 230 g/mol. The second-order valence-corrected chi connectivity index (χ2v) is 2.89. The lowest BCUT2D eigenvalue weighted by molar-refractivity contribution is -0.498. The molecule has 0 aromatic carbocycles. The van der Waals surface area contributed by atoms with E-state index in [1.54, 1.807) is 0 Å². The summed E-state index contributed by atoms with van der Waals surface area (Å²) >= 11 is 0. The van der Waals surface area contributed by atoms with Crippen LogP contribution >= 0.6 is 0 Å². The first-order chi connectivity index (χ1) is 6.70. The number of hydrogen-bond acceptors (Lipinski definition) is 4. The number of hydrogen-bond donors (Lipinski definition) is 2. The van der Waals surface area contributed by atoms with Crippen molar-refractivity contribution in [2.24, 2.45) is 11.7 Å². The summed E-state index contributed by atoms with van der Waals surface area (Å²) in [7, 11) is 0. The van der Waals surface area contributed by atoms with Gasteiger partial charge in [-0.05, 0) is 0 Å². The second-order valence-electron chi connectivity index (χ2n) is 2.89. The van der Waals surface area contributed by atoms with Gasteiger partial charge in [0.2, 0.25) is 6.04 Å². The molecule has 0 aromatic rings. The van der Waals surface area contributed by atoms with Crippen molar-refractivity contribution in [3.63, 3.8) is 0 Å². The van der Waals surface area contributed by atoms with Crippen LogP contribution in [0.25, 0.3) is 0 Å². The third kappa shape index (κ3) is 5.15. The van der Waals surface area contributed by atoms with Crippen LogP contribution in [0.3, 0.4) is 0 Å². The first kappa shape index (κ1) is 13.6. The number of alkyl halides is 3. The first-order valence-electron chi connectivity index (χ1n) is 3.83. The quantitative estimate of drug-likeness (QED) is 0.522. The summed E-state index contributed by atoms with van der Waals surface area (Å²) in [5.74, 6) is -2.59. The van der Waals surface area contributed by atoms with Crippen LogP contribution in [0.2, 0.25) is 0 Å². The zero-order chi connectivity index (χ0) is 12.2. The van der Waals surface area contributed by atoms with Crippen molar-refractivity contribution in [3.05, 3.63) is 10.1 Å². The zero-order valence-corrected chi connectivity index (χ0v) is 7.40. The minimum absolute atomic E-state index is 0.171. The van der Waals surface area contributed by atoms with Gasteiger partial charge in [0.05, 0.1) is 0 Å². The Hall–Kier alpha value is -1.38. The maximum Gasteiger partial charge on any atom is 0.490 e. The molecule has 0 heterocycles. The molecule has 6 nitrogen and oxygen atoms in total. The number of nitro groups is 1. The van der Waals surface area contributed by atoms with E-state index < -0.39 is 12.1 Å². The molecule has 9 heteroatoms. The van der Waals surface area contributed by atoms with Crippen LogP contribution in [-0.2, 0) is 4.79 Å². The third-order valence-corrected chi connectivity index (χ3v) is 1.70. The highest BCUT2D eigenvalue weighted by Crippen LogP contribution is 2.31. The van der Waals surface area contributed by atoms with Gasteiger partial charge >= 0.3 is 12.1 Å². The van der Waals surface area contributed by atoms with Crippen molar-refractivity contribution in [2.45, 2.75) is 18.6 Å². The van der Waals surface area contributed by atoms with E-state index in [-0.39, 0.29) is 16.9 Å². The summed E-state index contributed by atoms with van der Waals surface area (Å²) in [6.07, 6.45) is -4.40. The van der Waals surface area contributed by atoms with Gasteiger partial charge in [0.25, 0.3) is 0 Å². The van der Waals surface area contributed by atoms with Crippen LogP contribution in [0, 0.1) is 16.0 Å². The number of nitrogens with two attached hydrogens (primary N) is 1. The van der Waals surface area contributed by atoms with Crippen LogP contribution in [-0.4, -0.2) is 34.8 Å². The van der Waals surface area contributed by atoms with Crippen molar-refractivity contribution in [1.82, 2.24) is 0 Å². The van der Waals surface area contributed by atoms with Crippen molar-refractivity contribution in [3.8, 4) is 0 Å². The van der Waals surface area contributed by atoms with Crippen LogP contribution in [0.4, 0.5) is 13.2 Å². The fraction of sp³-hybridized carbons (Fsp3) is 0.833. The molecule has 0 saturated heterocycles.